The van der Waals surface area contributed by atoms with E-state index in [2.05, 4.69) is 24.5 Å². The maximum absolute atomic E-state index is 12.8. The molecule has 2 N–H and O–H groups in total. The number of hydrogen-bond acceptors (Lipinski definition) is 3. The summed E-state index contributed by atoms with van der Waals surface area (Å²) >= 11 is 0. The number of rotatable bonds is 3. The third-order valence-corrected chi connectivity index (χ3v) is 6.81. The minimum atomic E-state index is -0.582. The molecule has 2 amide bonds. The molecule has 3 aliphatic rings. The summed E-state index contributed by atoms with van der Waals surface area (Å²) in [6.45, 7) is 5.69. The van der Waals surface area contributed by atoms with Crippen molar-refractivity contribution in [3.8, 4) is 0 Å². The van der Waals surface area contributed by atoms with Crippen molar-refractivity contribution >= 4 is 23.2 Å². The molecule has 0 unspecified atom stereocenters. The summed E-state index contributed by atoms with van der Waals surface area (Å²) in [5.74, 6) is 0.529. The third kappa shape index (κ3) is 2.52. The van der Waals surface area contributed by atoms with Gasteiger partial charge in [0.25, 0.3) is 0 Å². The molecule has 5 heteroatoms. The van der Waals surface area contributed by atoms with Gasteiger partial charge in [0, 0.05) is 19.0 Å². The number of benzene rings is 1. The Labute approximate surface area is 149 Å². The van der Waals surface area contributed by atoms with Crippen LogP contribution in [0.25, 0.3) is 0 Å². The van der Waals surface area contributed by atoms with Gasteiger partial charge < -0.3 is 15.5 Å². The van der Waals surface area contributed by atoms with Gasteiger partial charge >= 0.3 is 0 Å². The summed E-state index contributed by atoms with van der Waals surface area (Å²) in [5.41, 5.74) is 1.47. The number of carbonyl (C=O) groups excluding carboxylic acids is 2. The van der Waals surface area contributed by atoms with Gasteiger partial charge in [-0.05, 0) is 49.7 Å². The molecule has 1 aromatic rings. The topological polar surface area (TPSA) is 61.4 Å². The molecule has 1 spiro atoms. The predicted molar refractivity (Wildman–Crippen MR) is 98.4 cm³/mol. The standard InChI is InChI=1S/C20H27N3O2/c1-3-19(4-2)13-14(19)17(24)23-11-9-20(10-12-23)18(25)21-15-7-5-6-8-16(15)22-20/h5-8,14,22H,3-4,9-13H2,1-2H3,(H,21,25)/t14-/m0/s1. The van der Waals surface area contributed by atoms with E-state index in [9.17, 15) is 9.59 Å². The van der Waals surface area contributed by atoms with Crippen molar-refractivity contribution in [3.05, 3.63) is 24.3 Å². The van der Waals surface area contributed by atoms with E-state index in [-0.39, 0.29) is 17.2 Å². The molecular formula is C20H27N3O2. The largest absolute Gasteiger partial charge is 0.369 e. The number of hydrogen-bond donors (Lipinski definition) is 2. The second kappa shape index (κ2) is 5.75. The van der Waals surface area contributed by atoms with Crippen LogP contribution in [0.4, 0.5) is 11.4 Å². The van der Waals surface area contributed by atoms with E-state index >= 15 is 0 Å². The van der Waals surface area contributed by atoms with Crippen LogP contribution in [0.5, 0.6) is 0 Å². The molecule has 1 aromatic carbocycles. The summed E-state index contributed by atoms with van der Waals surface area (Å²) in [6, 6.07) is 7.80. The summed E-state index contributed by atoms with van der Waals surface area (Å²) in [7, 11) is 0. The first-order valence-corrected chi connectivity index (χ1v) is 9.51. The Hall–Kier alpha value is -2.04. The van der Waals surface area contributed by atoms with Crippen LogP contribution in [-0.2, 0) is 9.59 Å². The van der Waals surface area contributed by atoms with Crippen LogP contribution in [0.3, 0.4) is 0 Å². The Morgan fingerprint density at radius 3 is 2.40 bits per heavy atom. The lowest BCUT2D eigenvalue weighted by molar-refractivity contribution is -0.136. The minimum Gasteiger partial charge on any atom is -0.369 e. The predicted octanol–water partition coefficient (Wildman–Crippen LogP) is 3.24. The second-order valence-electron chi connectivity index (χ2n) is 7.86. The number of likely N-dealkylation sites (tertiary alicyclic amines) is 1. The van der Waals surface area contributed by atoms with Crippen LogP contribution in [0.15, 0.2) is 24.3 Å². The highest BCUT2D eigenvalue weighted by Crippen LogP contribution is 2.58. The first kappa shape index (κ1) is 16.4. The average molecular weight is 341 g/mol. The zero-order chi connectivity index (χ0) is 17.7. The van der Waals surface area contributed by atoms with Gasteiger partial charge in [-0.1, -0.05) is 26.0 Å². The normalized spacial score (nSPS) is 25.8. The number of piperidine rings is 1. The summed E-state index contributed by atoms with van der Waals surface area (Å²) in [5, 5.41) is 6.48. The van der Waals surface area contributed by atoms with Crippen LogP contribution < -0.4 is 10.6 Å². The van der Waals surface area contributed by atoms with E-state index in [1.54, 1.807) is 0 Å². The Morgan fingerprint density at radius 1 is 1.16 bits per heavy atom. The lowest BCUT2D eigenvalue weighted by atomic mass is 9.84. The smallest absolute Gasteiger partial charge is 0.250 e. The Morgan fingerprint density at radius 2 is 1.80 bits per heavy atom. The highest BCUT2D eigenvalue weighted by atomic mass is 16.2. The van der Waals surface area contributed by atoms with E-state index in [0.717, 1.165) is 30.6 Å². The Bertz CT molecular complexity index is 703. The molecule has 2 aliphatic heterocycles. The lowest BCUT2D eigenvalue weighted by Gasteiger charge is -2.44. The molecule has 0 radical (unpaired) electrons. The first-order valence-electron chi connectivity index (χ1n) is 9.51. The van der Waals surface area contributed by atoms with Gasteiger partial charge in [-0.2, -0.15) is 0 Å². The number of carbonyl (C=O) groups is 2. The van der Waals surface area contributed by atoms with Crippen LogP contribution in [0, 0.1) is 11.3 Å². The zero-order valence-electron chi connectivity index (χ0n) is 15.1. The van der Waals surface area contributed by atoms with Gasteiger partial charge in [-0.25, -0.2) is 0 Å². The zero-order valence-corrected chi connectivity index (χ0v) is 15.1. The van der Waals surface area contributed by atoms with Crippen molar-refractivity contribution in [1.82, 2.24) is 4.90 Å². The summed E-state index contributed by atoms with van der Waals surface area (Å²) in [6.07, 6.45) is 4.53. The van der Waals surface area contributed by atoms with Gasteiger partial charge in [0.1, 0.15) is 5.54 Å². The SMILES string of the molecule is CCC1(CC)C[C@H]1C(=O)N1CCC2(CC1)Nc1ccccc1NC2=O. The molecular weight excluding hydrogens is 314 g/mol. The molecule has 0 bridgehead atoms. The second-order valence-corrected chi connectivity index (χ2v) is 7.86. The molecule has 1 saturated carbocycles. The van der Waals surface area contributed by atoms with E-state index < -0.39 is 5.54 Å². The molecule has 134 valence electrons. The van der Waals surface area contributed by atoms with Crippen LogP contribution >= 0.6 is 0 Å². The van der Waals surface area contributed by atoms with Crippen LogP contribution in [-0.4, -0.2) is 35.3 Å². The van der Waals surface area contributed by atoms with Gasteiger partial charge in [-0.3, -0.25) is 9.59 Å². The lowest BCUT2D eigenvalue weighted by Crippen LogP contribution is -2.59. The maximum Gasteiger partial charge on any atom is 0.250 e. The van der Waals surface area contributed by atoms with Gasteiger partial charge in [0.05, 0.1) is 11.4 Å². The summed E-state index contributed by atoms with van der Waals surface area (Å²) in [4.78, 5) is 27.5. The molecule has 4 rings (SSSR count). The summed E-state index contributed by atoms with van der Waals surface area (Å²) < 4.78 is 0. The number of para-hydroxylation sites is 2. The molecule has 1 aliphatic carbocycles. The van der Waals surface area contributed by atoms with Crippen molar-refractivity contribution in [3.63, 3.8) is 0 Å². The van der Waals surface area contributed by atoms with Gasteiger partial charge in [0.2, 0.25) is 11.8 Å². The Balaban J connectivity index is 1.44. The van der Waals surface area contributed by atoms with E-state index in [1.807, 2.05) is 29.2 Å². The van der Waals surface area contributed by atoms with Crippen molar-refractivity contribution in [2.45, 2.75) is 51.5 Å². The number of nitrogens with zero attached hydrogens (tertiary/aromatic N) is 1. The van der Waals surface area contributed by atoms with Crippen molar-refractivity contribution in [2.24, 2.45) is 11.3 Å². The van der Waals surface area contributed by atoms with Crippen molar-refractivity contribution in [1.29, 1.82) is 0 Å². The number of fused-ring (bicyclic) bond motifs is 1. The van der Waals surface area contributed by atoms with E-state index in [4.69, 9.17) is 0 Å². The monoisotopic (exact) mass is 341 g/mol. The van der Waals surface area contributed by atoms with Crippen molar-refractivity contribution in [2.75, 3.05) is 23.7 Å². The number of amides is 2. The Kier molecular flexibility index (Phi) is 3.78. The number of nitrogens with one attached hydrogen (secondary N) is 2. The molecule has 2 fully saturated rings. The molecule has 0 aromatic heterocycles. The first-order chi connectivity index (χ1) is 12.0. The average Bonchev–Trinajstić information content (AvgIpc) is 3.38. The molecule has 25 heavy (non-hydrogen) atoms. The molecule has 2 heterocycles. The van der Waals surface area contributed by atoms with Crippen molar-refractivity contribution < 1.29 is 9.59 Å². The molecule has 1 saturated heterocycles. The van der Waals surface area contributed by atoms with E-state index in [1.165, 1.54) is 0 Å². The third-order valence-electron chi connectivity index (χ3n) is 6.81. The fourth-order valence-electron chi connectivity index (χ4n) is 4.67. The van der Waals surface area contributed by atoms with Gasteiger partial charge in [0.15, 0.2) is 0 Å². The van der Waals surface area contributed by atoms with Crippen LogP contribution in [0.2, 0.25) is 0 Å². The highest BCUT2D eigenvalue weighted by molar-refractivity contribution is 6.06. The quantitative estimate of drug-likeness (QED) is 0.887. The molecule has 5 nitrogen and oxygen atoms in total. The fourth-order valence-corrected chi connectivity index (χ4v) is 4.67. The highest BCUT2D eigenvalue weighted by Gasteiger charge is 2.57. The number of anilines is 2. The van der Waals surface area contributed by atoms with Gasteiger partial charge in [-0.15, -0.1) is 0 Å². The maximum atomic E-state index is 12.8. The van der Waals surface area contributed by atoms with Crippen LogP contribution in [0.1, 0.15) is 46.0 Å². The molecule has 1 atom stereocenters. The van der Waals surface area contributed by atoms with E-state index in [0.29, 0.717) is 31.8 Å². The fraction of sp³-hybridized carbons (Fsp3) is 0.600. The minimum absolute atomic E-state index is 0.0289.